The van der Waals surface area contributed by atoms with E-state index < -0.39 is 5.97 Å². The fourth-order valence-electron chi connectivity index (χ4n) is 2.70. The number of hydrogen-bond donors (Lipinski definition) is 2. The van der Waals surface area contributed by atoms with Crippen LogP contribution in [0.15, 0.2) is 72.8 Å². The zero-order valence-electron chi connectivity index (χ0n) is 14.6. The first-order valence-electron chi connectivity index (χ1n) is 8.45. The molecule has 0 aliphatic heterocycles. The van der Waals surface area contributed by atoms with Crippen molar-refractivity contribution in [3.8, 4) is 5.75 Å². The van der Waals surface area contributed by atoms with Gasteiger partial charge in [0.15, 0.2) is 0 Å². The third kappa shape index (κ3) is 4.63. The minimum Gasteiger partial charge on any atom is -0.489 e. The van der Waals surface area contributed by atoms with Crippen LogP contribution in [0.1, 0.15) is 27.0 Å². The Morgan fingerprint density at radius 1 is 0.962 bits per heavy atom. The normalized spacial score (nSPS) is 10.3. The van der Waals surface area contributed by atoms with Gasteiger partial charge in [-0.25, -0.2) is 4.79 Å². The number of aromatic carboxylic acids is 1. The van der Waals surface area contributed by atoms with E-state index >= 15 is 0 Å². The van der Waals surface area contributed by atoms with Crippen LogP contribution in [-0.2, 0) is 13.2 Å². The zero-order chi connectivity index (χ0) is 18.4. The lowest BCUT2D eigenvalue weighted by molar-refractivity contribution is 0.0696. The first-order valence-corrected chi connectivity index (χ1v) is 8.45. The molecule has 0 saturated carbocycles. The average molecular weight is 347 g/mol. The van der Waals surface area contributed by atoms with Gasteiger partial charge in [0.05, 0.1) is 5.56 Å². The summed E-state index contributed by atoms with van der Waals surface area (Å²) in [6.45, 7) is 2.97. The van der Waals surface area contributed by atoms with E-state index in [1.165, 1.54) is 0 Å². The molecule has 0 spiro atoms. The van der Waals surface area contributed by atoms with Crippen molar-refractivity contribution in [3.05, 3.63) is 95.1 Å². The summed E-state index contributed by atoms with van der Waals surface area (Å²) in [4.78, 5) is 11.1. The van der Waals surface area contributed by atoms with E-state index in [-0.39, 0.29) is 0 Å². The number of carbonyl (C=O) groups is 1. The third-order valence-electron chi connectivity index (χ3n) is 4.10. The lowest BCUT2D eigenvalue weighted by Gasteiger charge is -2.11. The molecule has 0 heterocycles. The minimum atomic E-state index is -0.905. The molecule has 0 radical (unpaired) electrons. The summed E-state index contributed by atoms with van der Waals surface area (Å²) in [5.74, 6) is -0.0807. The summed E-state index contributed by atoms with van der Waals surface area (Å²) in [7, 11) is 0. The number of hydrogen-bond acceptors (Lipinski definition) is 3. The Hall–Kier alpha value is -3.27. The van der Waals surface area contributed by atoms with Crippen molar-refractivity contribution >= 4 is 11.7 Å². The van der Waals surface area contributed by atoms with Gasteiger partial charge < -0.3 is 15.2 Å². The van der Waals surface area contributed by atoms with Crippen molar-refractivity contribution in [3.63, 3.8) is 0 Å². The molecule has 0 saturated heterocycles. The first kappa shape index (κ1) is 17.5. The highest BCUT2D eigenvalue weighted by Crippen LogP contribution is 2.19. The highest BCUT2D eigenvalue weighted by Gasteiger charge is 2.07. The Morgan fingerprint density at radius 3 is 2.46 bits per heavy atom. The standard InChI is InChI=1S/C22H21NO3/c1-16-12-19(10-11-21(16)22(24)25)23-14-18-8-5-9-20(13-18)26-15-17-6-3-2-4-7-17/h2-13,23H,14-15H2,1H3,(H,24,25). The van der Waals surface area contributed by atoms with Crippen molar-refractivity contribution in [2.24, 2.45) is 0 Å². The number of ether oxygens (including phenoxy) is 1. The fraction of sp³-hybridized carbons (Fsp3) is 0.136. The smallest absolute Gasteiger partial charge is 0.335 e. The maximum Gasteiger partial charge on any atom is 0.335 e. The quantitative estimate of drug-likeness (QED) is 0.639. The molecule has 2 N–H and O–H groups in total. The van der Waals surface area contributed by atoms with Gasteiger partial charge in [0.2, 0.25) is 0 Å². The highest BCUT2D eigenvalue weighted by atomic mass is 16.5. The van der Waals surface area contributed by atoms with Crippen molar-refractivity contribution in [2.45, 2.75) is 20.1 Å². The van der Waals surface area contributed by atoms with Crippen LogP contribution in [-0.4, -0.2) is 11.1 Å². The van der Waals surface area contributed by atoms with Crippen molar-refractivity contribution in [1.82, 2.24) is 0 Å². The molecule has 3 rings (SSSR count). The van der Waals surface area contributed by atoms with E-state index in [0.29, 0.717) is 18.7 Å². The van der Waals surface area contributed by atoms with Crippen LogP contribution in [0, 0.1) is 6.92 Å². The van der Waals surface area contributed by atoms with Gasteiger partial charge in [-0.05, 0) is 53.9 Å². The van der Waals surface area contributed by atoms with E-state index in [1.807, 2.05) is 60.7 Å². The Bertz CT molecular complexity index is 891. The second-order valence-electron chi connectivity index (χ2n) is 6.11. The topological polar surface area (TPSA) is 58.6 Å². The van der Waals surface area contributed by atoms with Crippen molar-refractivity contribution in [2.75, 3.05) is 5.32 Å². The van der Waals surface area contributed by atoms with Gasteiger partial charge in [0, 0.05) is 12.2 Å². The molecule has 3 aromatic rings. The van der Waals surface area contributed by atoms with Gasteiger partial charge >= 0.3 is 5.97 Å². The van der Waals surface area contributed by atoms with Gasteiger partial charge in [-0.15, -0.1) is 0 Å². The maximum atomic E-state index is 11.1. The second-order valence-corrected chi connectivity index (χ2v) is 6.11. The molecular formula is C22H21NO3. The molecule has 4 nitrogen and oxygen atoms in total. The van der Waals surface area contributed by atoms with Crippen LogP contribution in [0.4, 0.5) is 5.69 Å². The Balaban J connectivity index is 1.60. The predicted molar refractivity (Wildman–Crippen MR) is 103 cm³/mol. The van der Waals surface area contributed by atoms with Crippen LogP contribution in [0.2, 0.25) is 0 Å². The Kier molecular flexibility index (Phi) is 5.54. The van der Waals surface area contributed by atoms with Gasteiger partial charge in [-0.3, -0.25) is 0 Å². The third-order valence-corrected chi connectivity index (χ3v) is 4.10. The molecule has 0 fully saturated rings. The molecule has 4 heteroatoms. The number of aryl methyl sites for hydroxylation is 1. The van der Waals surface area contributed by atoms with Gasteiger partial charge in [0.25, 0.3) is 0 Å². The van der Waals surface area contributed by atoms with Gasteiger partial charge in [0.1, 0.15) is 12.4 Å². The summed E-state index contributed by atoms with van der Waals surface area (Å²) < 4.78 is 5.85. The van der Waals surface area contributed by atoms with E-state index in [0.717, 1.165) is 28.1 Å². The second kappa shape index (κ2) is 8.21. The van der Waals surface area contributed by atoms with E-state index in [1.54, 1.807) is 19.1 Å². The van der Waals surface area contributed by atoms with Crippen LogP contribution < -0.4 is 10.1 Å². The number of benzene rings is 3. The molecule has 132 valence electrons. The van der Waals surface area contributed by atoms with E-state index in [2.05, 4.69) is 5.32 Å². The van der Waals surface area contributed by atoms with Gasteiger partial charge in [-0.2, -0.15) is 0 Å². The number of carboxylic acid groups (broad SMARTS) is 1. The molecule has 26 heavy (non-hydrogen) atoms. The van der Waals surface area contributed by atoms with Crippen LogP contribution >= 0.6 is 0 Å². The Morgan fingerprint density at radius 2 is 1.73 bits per heavy atom. The zero-order valence-corrected chi connectivity index (χ0v) is 14.6. The molecule has 0 bridgehead atoms. The number of rotatable bonds is 7. The van der Waals surface area contributed by atoms with Gasteiger partial charge in [-0.1, -0.05) is 42.5 Å². The lowest BCUT2D eigenvalue weighted by Crippen LogP contribution is -2.03. The summed E-state index contributed by atoms with van der Waals surface area (Å²) in [5, 5.41) is 12.4. The number of anilines is 1. The molecule has 3 aromatic carbocycles. The predicted octanol–water partition coefficient (Wildman–Crippen LogP) is 4.88. The fourth-order valence-corrected chi connectivity index (χ4v) is 2.70. The lowest BCUT2D eigenvalue weighted by atomic mass is 10.1. The maximum absolute atomic E-state index is 11.1. The van der Waals surface area contributed by atoms with Crippen molar-refractivity contribution in [1.29, 1.82) is 0 Å². The van der Waals surface area contributed by atoms with Crippen LogP contribution in [0.5, 0.6) is 5.75 Å². The molecule has 0 aromatic heterocycles. The molecule has 0 unspecified atom stereocenters. The van der Waals surface area contributed by atoms with E-state index in [4.69, 9.17) is 9.84 Å². The van der Waals surface area contributed by atoms with Crippen LogP contribution in [0.3, 0.4) is 0 Å². The molecule has 0 aliphatic rings. The molecule has 0 amide bonds. The largest absolute Gasteiger partial charge is 0.489 e. The average Bonchev–Trinajstić information content (AvgIpc) is 2.66. The molecule has 0 atom stereocenters. The SMILES string of the molecule is Cc1cc(NCc2cccc(OCc3ccccc3)c2)ccc1C(=O)O. The summed E-state index contributed by atoms with van der Waals surface area (Å²) in [6, 6.07) is 23.3. The Labute approximate surface area is 153 Å². The highest BCUT2D eigenvalue weighted by molar-refractivity contribution is 5.89. The number of nitrogens with one attached hydrogen (secondary N) is 1. The first-order chi connectivity index (χ1) is 12.6. The monoisotopic (exact) mass is 347 g/mol. The summed E-state index contributed by atoms with van der Waals surface area (Å²) in [6.07, 6.45) is 0. The van der Waals surface area contributed by atoms with E-state index in [9.17, 15) is 4.79 Å². The molecular weight excluding hydrogens is 326 g/mol. The molecule has 0 aliphatic carbocycles. The van der Waals surface area contributed by atoms with Crippen LogP contribution in [0.25, 0.3) is 0 Å². The summed E-state index contributed by atoms with van der Waals surface area (Å²) >= 11 is 0. The summed E-state index contributed by atoms with van der Waals surface area (Å²) in [5.41, 5.74) is 4.18. The van der Waals surface area contributed by atoms with Crippen molar-refractivity contribution < 1.29 is 14.6 Å². The minimum absolute atomic E-state index is 0.326. The number of carboxylic acids is 1.